The number of rotatable bonds is 5. The lowest BCUT2D eigenvalue weighted by Gasteiger charge is -2.14. The Morgan fingerprint density at radius 3 is 2.53 bits per heavy atom. The van der Waals surface area contributed by atoms with Crippen molar-refractivity contribution in [1.82, 2.24) is 15.0 Å². The molecule has 0 fully saturated rings. The first-order valence-corrected chi connectivity index (χ1v) is 12.2. The van der Waals surface area contributed by atoms with E-state index in [9.17, 15) is 17.4 Å². The molecule has 0 spiro atoms. The molecule has 34 heavy (non-hydrogen) atoms. The van der Waals surface area contributed by atoms with E-state index in [0.717, 1.165) is 12.1 Å². The molecule has 1 aromatic carbocycles. The van der Waals surface area contributed by atoms with Gasteiger partial charge in [0, 0.05) is 33.3 Å². The summed E-state index contributed by atoms with van der Waals surface area (Å²) in [5.41, 5.74) is 2.17. The molecule has 0 bridgehead atoms. The van der Waals surface area contributed by atoms with Gasteiger partial charge >= 0.3 is 6.18 Å². The number of aryl methyl sites for hydroxylation is 2. The Bertz CT molecular complexity index is 1390. The monoisotopic (exact) mass is 488 g/mol. The van der Waals surface area contributed by atoms with E-state index in [1.54, 1.807) is 19.2 Å². The van der Waals surface area contributed by atoms with Crippen LogP contribution in [0.15, 0.2) is 36.8 Å². The number of hydrogen-bond donors (Lipinski definition) is 1. The van der Waals surface area contributed by atoms with Gasteiger partial charge in [0.2, 0.25) is 0 Å². The van der Waals surface area contributed by atoms with Gasteiger partial charge < -0.3 is 9.46 Å². The molecule has 6 nitrogen and oxygen atoms in total. The van der Waals surface area contributed by atoms with Crippen LogP contribution in [0, 0.1) is 18.8 Å². The molecule has 0 saturated heterocycles. The quantitative estimate of drug-likeness (QED) is 0.423. The van der Waals surface area contributed by atoms with Gasteiger partial charge in [0.25, 0.3) is 0 Å². The third kappa shape index (κ3) is 5.85. The molecular formula is C24H23F3N4O2S. The van der Waals surface area contributed by atoms with Gasteiger partial charge in [0.1, 0.15) is 12.1 Å². The lowest BCUT2D eigenvalue weighted by atomic mass is 10.00. The van der Waals surface area contributed by atoms with Crippen LogP contribution in [0.25, 0.3) is 11.3 Å². The first kappa shape index (κ1) is 25.1. The predicted octanol–water partition coefficient (Wildman–Crippen LogP) is 4.51. The maximum Gasteiger partial charge on any atom is 0.416 e. The summed E-state index contributed by atoms with van der Waals surface area (Å²) in [7, 11) is -1.15. The lowest BCUT2D eigenvalue weighted by Crippen LogP contribution is -2.11. The second-order valence-electron chi connectivity index (χ2n) is 7.52. The number of nitrogens with zero attached hydrogens (tertiary/aromatic N) is 3. The van der Waals surface area contributed by atoms with Crippen LogP contribution in [0.3, 0.4) is 0 Å². The maximum absolute atomic E-state index is 13.4. The molecule has 3 aromatic rings. The third-order valence-electron chi connectivity index (χ3n) is 4.79. The summed E-state index contributed by atoms with van der Waals surface area (Å²) in [6.07, 6.45) is 0.263. The van der Waals surface area contributed by atoms with E-state index in [0.29, 0.717) is 34.6 Å². The van der Waals surface area contributed by atoms with Crippen LogP contribution in [0.4, 0.5) is 18.9 Å². The molecule has 1 N–H and O–H groups in total. The molecule has 0 aliphatic carbocycles. The summed E-state index contributed by atoms with van der Waals surface area (Å²) in [5, 5.41) is 0. The summed E-state index contributed by atoms with van der Waals surface area (Å²) < 4.78 is 60.3. The molecule has 0 radical (unpaired) electrons. The smallest absolute Gasteiger partial charge is 0.416 e. The summed E-state index contributed by atoms with van der Waals surface area (Å²) in [4.78, 5) is 12.8. The van der Waals surface area contributed by atoms with Crippen molar-refractivity contribution >= 4 is 21.3 Å². The summed E-state index contributed by atoms with van der Waals surface area (Å²) in [5.74, 6) is 9.79. The first-order chi connectivity index (χ1) is 15.9. The van der Waals surface area contributed by atoms with Crippen molar-refractivity contribution < 1.29 is 22.1 Å². The van der Waals surface area contributed by atoms with Gasteiger partial charge in [-0.05, 0) is 43.5 Å². The van der Waals surface area contributed by atoms with Gasteiger partial charge in [0.05, 0.1) is 41.0 Å². The summed E-state index contributed by atoms with van der Waals surface area (Å²) >= 11 is 0. The summed E-state index contributed by atoms with van der Waals surface area (Å²) in [6, 6.07) is 4.89. The van der Waals surface area contributed by atoms with Crippen molar-refractivity contribution in [2.75, 3.05) is 18.1 Å². The van der Waals surface area contributed by atoms with Crippen LogP contribution in [-0.2, 0) is 22.3 Å². The maximum atomic E-state index is 13.4. The average Bonchev–Trinajstić information content (AvgIpc) is 2.77. The zero-order valence-electron chi connectivity index (χ0n) is 19.1. The van der Waals surface area contributed by atoms with Gasteiger partial charge in [-0.1, -0.05) is 18.8 Å². The number of alkyl halides is 3. The fourth-order valence-electron chi connectivity index (χ4n) is 3.17. The standard InChI is InChI=1S/C24H23F3N4O2S/c1-6-20-18(9-7-16-11-21(15(2)28-13-16)31-34(4,5)32)23(30-14-29-20)19-12-17(24(25,26)27)8-10-22(19)33-3/h8,10-14H,4,6H2,1-3,5H3,(H,31,32). The number of hydrogen-bond acceptors (Lipinski definition) is 5. The number of ether oxygens (including phenoxy) is 1. The van der Waals surface area contributed by atoms with Crippen LogP contribution in [0.1, 0.15) is 35.0 Å². The van der Waals surface area contributed by atoms with E-state index in [1.165, 1.54) is 25.8 Å². The van der Waals surface area contributed by atoms with Gasteiger partial charge in [-0.15, -0.1) is 0 Å². The normalized spacial score (nSPS) is 12.9. The molecule has 2 aromatic heterocycles. The first-order valence-electron chi connectivity index (χ1n) is 10.1. The molecule has 3 rings (SSSR count). The van der Waals surface area contributed by atoms with Gasteiger partial charge in [0.15, 0.2) is 0 Å². The zero-order chi connectivity index (χ0) is 25.1. The van der Waals surface area contributed by atoms with Crippen LogP contribution >= 0.6 is 0 Å². The van der Waals surface area contributed by atoms with Crippen molar-refractivity contribution in [3.63, 3.8) is 0 Å². The fraction of sp³-hybridized carbons (Fsp3) is 0.250. The van der Waals surface area contributed by atoms with E-state index in [1.807, 2.05) is 6.92 Å². The number of pyridine rings is 1. The number of methoxy groups -OCH3 is 1. The van der Waals surface area contributed by atoms with Crippen LogP contribution in [0.2, 0.25) is 0 Å². The number of nitrogens with one attached hydrogen (secondary N) is 1. The molecular weight excluding hydrogens is 465 g/mol. The fourth-order valence-corrected chi connectivity index (χ4v) is 3.84. The van der Waals surface area contributed by atoms with Gasteiger partial charge in [-0.3, -0.25) is 4.98 Å². The highest BCUT2D eigenvalue weighted by Crippen LogP contribution is 2.37. The number of halogens is 3. The Morgan fingerprint density at radius 1 is 1.18 bits per heavy atom. The molecule has 0 saturated carbocycles. The minimum Gasteiger partial charge on any atom is -0.496 e. The lowest BCUT2D eigenvalue weighted by molar-refractivity contribution is -0.137. The van der Waals surface area contributed by atoms with E-state index >= 15 is 0 Å². The van der Waals surface area contributed by atoms with Crippen molar-refractivity contribution in [3.8, 4) is 28.8 Å². The summed E-state index contributed by atoms with van der Waals surface area (Å²) in [6.45, 7) is 3.62. The Morgan fingerprint density at radius 2 is 1.91 bits per heavy atom. The Kier molecular flexibility index (Phi) is 7.17. The van der Waals surface area contributed by atoms with Crippen molar-refractivity contribution in [3.05, 3.63) is 64.9 Å². The second kappa shape index (κ2) is 9.73. The molecule has 2 heterocycles. The SMILES string of the molecule is C=S(C)(=O)Nc1cc(C#Cc2c(CC)ncnc2-c2cc(C(F)(F)F)ccc2OC)cnc1C. The molecule has 10 heteroatoms. The minimum atomic E-state index is -4.53. The topological polar surface area (TPSA) is 77.0 Å². The molecule has 0 aliphatic rings. The van der Waals surface area contributed by atoms with E-state index in [4.69, 9.17) is 4.74 Å². The Balaban J connectivity index is 2.18. The highest BCUT2D eigenvalue weighted by Gasteiger charge is 2.32. The number of aromatic nitrogens is 3. The average molecular weight is 489 g/mol. The van der Waals surface area contributed by atoms with Crippen molar-refractivity contribution in [1.29, 1.82) is 0 Å². The highest BCUT2D eigenvalue weighted by molar-refractivity contribution is 8.00. The predicted molar refractivity (Wildman–Crippen MR) is 128 cm³/mol. The van der Waals surface area contributed by atoms with E-state index in [2.05, 4.69) is 37.4 Å². The molecule has 178 valence electrons. The van der Waals surface area contributed by atoms with E-state index in [-0.39, 0.29) is 17.0 Å². The third-order valence-corrected chi connectivity index (χ3v) is 5.44. The van der Waals surface area contributed by atoms with Crippen molar-refractivity contribution in [2.24, 2.45) is 0 Å². The number of anilines is 1. The molecule has 1 atom stereocenters. The van der Waals surface area contributed by atoms with Gasteiger partial charge in [-0.25, -0.2) is 14.2 Å². The van der Waals surface area contributed by atoms with Crippen LogP contribution in [-0.4, -0.2) is 38.4 Å². The largest absolute Gasteiger partial charge is 0.496 e. The second-order valence-corrected chi connectivity index (χ2v) is 9.74. The van der Waals surface area contributed by atoms with Crippen molar-refractivity contribution in [2.45, 2.75) is 26.4 Å². The Labute approximate surface area is 196 Å². The van der Waals surface area contributed by atoms with Crippen LogP contribution < -0.4 is 9.46 Å². The zero-order valence-corrected chi connectivity index (χ0v) is 19.9. The molecule has 0 aliphatic heterocycles. The highest BCUT2D eigenvalue weighted by atomic mass is 32.2. The van der Waals surface area contributed by atoms with E-state index < -0.39 is 21.4 Å². The van der Waals surface area contributed by atoms with Gasteiger partial charge in [-0.2, -0.15) is 13.2 Å². The molecule has 0 amide bonds. The van der Waals surface area contributed by atoms with Crippen LogP contribution in [0.5, 0.6) is 5.75 Å². The number of benzene rings is 1. The Hall–Kier alpha value is -3.58. The minimum absolute atomic E-state index is 0.158. The molecule has 1 unspecified atom stereocenters.